The predicted octanol–water partition coefficient (Wildman–Crippen LogP) is 5.64. The van der Waals surface area contributed by atoms with Gasteiger partial charge in [-0.3, -0.25) is 9.69 Å². The highest BCUT2D eigenvalue weighted by atomic mass is 16.5. The summed E-state index contributed by atoms with van der Waals surface area (Å²) < 4.78 is 11.1. The quantitative estimate of drug-likeness (QED) is 0.393. The monoisotopic (exact) mass is 511 g/mol. The van der Waals surface area contributed by atoms with Crippen LogP contribution in [0.25, 0.3) is 0 Å². The van der Waals surface area contributed by atoms with Gasteiger partial charge in [0.15, 0.2) is 0 Å². The van der Waals surface area contributed by atoms with Gasteiger partial charge in [0, 0.05) is 18.1 Å². The van der Waals surface area contributed by atoms with E-state index in [0.29, 0.717) is 24.6 Å². The molecule has 38 heavy (non-hydrogen) atoms. The third-order valence-corrected chi connectivity index (χ3v) is 7.75. The van der Waals surface area contributed by atoms with E-state index in [1.165, 1.54) is 11.1 Å². The lowest BCUT2D eigenvalue weighted by Crippen LogP contribution is -2.42. The zero-order valence-corrected chi connectivity index (χ0v) is 22.6. The molecule has 6 nitrogen and oxygen atoms in total. The molecule has 0 bridgehead atoms. The minimum absolute atomic E-state index is 0.0250. The number of hydrogen-bond donors (Lipinski definition) is 0. The van der Waals surface area contributed by atoms with Crippen LogP contribution in [0.1, 0.15) is 47.6 Å². The standard InChI is InChI=1S/C32H37N3O3/c1-23-8-7-11-26(18-23)29-21-30(28-13-12-27(37-2)20-31(28)38-3)35(33-29)32(36)22-34-16-14-25(15-17-34)19-24-9-5-4-6-10-24/h4-13,18,20,25,30H,14-17,19,21-22H2,1-3H3/t30-/m0/s1. The third kappa shape index (κ3) is 5.91. The summed E-state index contributed by atoms with van der Waals surface area (Å²) >= 11 is 0. The molecule has 0 aromatic heterocycles. The second-order valence-corrected chi connectivity index (χ2v) is 10.4. The first-order valence-electron chi connectivity index (χ1n) is 13.5. The van der Waals surface area contributed by atoms with Crippen molar-refractivity contribution in [2.24, 2.45) is 11.0 Å². The molecule has 1 saturated heterocycles. The van der Waals surface area contributed by atoms with Gasteiger partial charge in [0.05, 0.1) is 32.5 Å². The zero-order valence-electron chi connectivity index (χ0n) is 22.6. The predicted molar refractivity (Wildman–Crippen MR) is 151 cm³/mol. The lowest BCUT2D eigenvalue weighted by Gasteiger charge is -2.33. The van der Waals surface area contributed by atoms with Crippen molar-refractivity contribution in [3.63, 3.8) is 0 Å². The van der Waals surface area contributed by atoms with Crippen LogP contribution in [0.4, 0.5) is 0 Å². The van der Waals surface area contributed by atoms with E-state index < -0.39 is 0 Å². The average Bonchev–Trinajstić information content (AvgIpc) is 3.40. The molecule has 5 rings (SSSR count). The fraction of sp³-hybridized carbons (Fsp3) is 0.375. The van der Waals surface area contributed by atoms with Crippen LogP contribution < -0.4 is 9.47 Å². The summed E-state index contributed by atoms with van der Waals surface area (Å²) in [6, 6.07) is 24.6. The summed E-state index contributed by atoms with van der Waals surface area (Å²) in [5.74, 6) is 2.11. The van der Waals surface area contributed by atoms with Crippen LogP contribution in [0.3, 0.4) is 0 Å². The van der Waals surface area contributed by atoms with Crippen LogP contribution in [-0.4, -0.2) is 55.4 Å². The number of ether oxygens (including phenoxy) is 2. The Morgan fingerprint density at radius 3 is 2.45 bits per heavy atom. The van der Waals surface area contributed by atoms with E-state index in [1.54, 1.807) is 19.2 Å². The molecule has 0 saturated carbocycles. The van der Waals surface area contributed by atoms with Crippen molar-refractivity contribution in [2.45, 2.75) is 38.6 Å². The maximum Gasteiger partial charge on any atom is 0.257 e. The fourth-order valence-electron chi connectivity index (χ4n) is 5.64. The van der Waals surface area contributed by atoms with Gasteiger partial charge in [0.1, 0.15) is 11.5 Å². The normalized spacial score (nSPS) is 18.3. The molecule has 198 valence electrons. The highest BCUT2D eigenvalue weighted by molar-refractivity contribution is 6.03. The molecule has 6 heteroatoms. The van der Waals surface area contributed by atoms with E-state index in [9.17, 15) is 4.79 Å². The number of rotatable bonds is 8. The second-order valence-electron chi connectivity index (χ2n) is 10.4. The molecule has 1 atom stereocenters. The molecule has 0 radical (unpaired) electrons. The highest BCUT2D eigenvalue weighted by Gasteiger charge is 2.36. The molecule has 2 aliphatic rings. The summed E-state index contributed by atoms with van der Waals surface area (Å²) in [5.41, 5.74) is 5.49. The van der Waals surface area contributed by atoms with Gasteiger partial charge < -0.3 is 9.47 Å². The van der Waals surface area contributed by atoms with Crippen molar-refractivity contribution in [2.75, 3.05) is 33.9 Å². The minimum Gasteiger partial charge on any atom is -0.497 e. The Morgan fingerprint density at radius 1 is 0.947 bits per heavy atom. The molecule has 3 aromatic rings. The van der Waals surface area contributed by atoms with E-state index in [1.807, 2.05) is 24.3 Å². The van der Waals surface area contributed by atoms with Crippen LogP contribution in [0.2, 0.25) is 0 Å². The van der Waals surface area contributed by atoms with Gasteiger partial charge in [0.25, 0.3) is 5.91 Å². The summed E-state index contributed by atoms with van der Waals surface area (Å²) in [5, 5.41) is 6.59. The van der Waals surface area contributed by atoms with E-state index in [4.69, 9.17) is 14.6 Å². The van der Waals surface area contributed by atoms with Gasteiger partial charge in [-0.25, -0.2) is 5.01 Å². The van der Waals surface area contributed by atoms with Gasteiger partial charge in [0.2, 0.25) is 0 Å². The molecule has 3 aromatic carbocycles. The number of amides is 1. The first-order chi connectivity index (χ1) is 18.5. The Hall–Kier alpha value is -3.64. The summed E-state index contributed by atoms with van der Waals surface area (Å²) in [4.78, 5) is 16.0. The number of carbonyl (C=O) groups is 1. The van der Waals surface area contributed by atoms with Crippen molar-refractivity contribution in [3.05, 3.63) is 95.1 Å². The van der Waals surface area contributed by atoms with Crippen molar-refractivity contribution in [1.29, 1.82) is 0 Å². The van der Waals surface area contributed by atoms with E-state index in [-0.39, 0.29) is 11.9 Å². The number of carbonyl (C=O) groups excluding carboxylic acids is 1. The molecule has 1 fully saturated rings. The number of likely N-dealkylation sites (tertiary alicyclic amines) is 1. The number of methoxy groups -OCH3 is 2. The number of hydrazone groups is 1. The van der Waals surface area contributed by atoms with Crippen molar-refractivity contribution in [1.82, 2.24) is 9.91 Å². The molecule has 0 spiro atoms. The van der Waals surface area contributed by atoms with Crippen LogP contribution in [-0.2, 0) is 11.2 Å². The number of aryl methyl sites for hydroxylation is 1. The first kappa shape index (κ1) is 26.0. The van der Waals surface area contributed by atoms with E-state index in [2.05, 4.69) is 60.4 Å². The zero-order chi connectivity index (χ0) is 26.5. The number of hydrogen-bond acceptors (Lipinski definition) is 5. The highest BCUT2D eigenvalue weighted by Crippen LogP contribution is 2.39. The molecule has 0 unspecified atom stereocenters. The number of benzene rings is 3. The third-order valence-electron chi connectivity index (χ3n) is 7.75. The van der Waals surface area contributed by atoms with Gasteiger partial charge in [-0.1, -0.05) is 60.2 Å². The average molecular weight is 512 g/mol. The van der Waals surface area contributed by atoms with Crippen LogP contribution in [0.15, 0.2) is 77.9 Å². The summed E-state index contributed by atoms with van der Waals surface area (Å²) in [7, 11) is 3.29. The topological polar surface area (TPSA) is 54.4 Å². The number of piperidine rings is 1. The maximum atomic E-state index is 13.7. The van der Waals surface area contributed by atoms with Crippen LogP contribution in [0.5, 0.6) is 11.5 Å². The Bertz CT molecular complexity index is 1280. The smallest absolute Gasteiger partial charge is 0.257 e. The molecule has 2 heterocycles. The number of nitrogens with zero attached hydrogens (tertiary/aromatic N) is 3. The Balaban J connectivity index is 1.32. The first-order valence-corrected chi connectivity index (χ1v) is 13.5. The minimum atomic E-state index is -0.227. The Morgan fingerprint density at radius 2 is 1.74 bits per heavy atom. The summed E-state index contributed by atoms with van der Waals surface area (Å²) in [6.45, 7) is 4.31. The van der Waals surface area contributed by atoms with Crippen LogP contribution in [0, 0.1) is 12.8 Å². The second kappa shape index (κ2) is 11.8. The maximum absolute atomic E-state index is 13.7. The Kier molecular flexibility index (Phi) is 8.08. The van der Waals surface area contributed by atoms with Gasteiger partial charge in [-0.15, -0.1) is 0 Å². The lowest BCUT2D eigenvalue weighted by molar-refractivity contribution is -0.134. The lowest BCUT2D eigenvalue weighted by atomic mass is 9.90. The molecule has 0 N–H and O–H groups in total. The van der Waals surface area contributed by atoms with Crippen molar-refractivity contribution >= 4 is 11.6 Å². The van der Waals surface area contributed by atoms with E-state index >= 15 is 0 Å². The Labute approximate surface area is 225 Å². The molecular formula is C32H37N3O3. The van der Waals surface area contributed by atoms with Crippen LogP contribution >= 0.6 is 0 Å². The summed E-state index contributed by atoms with van der Waals surface area (Å²) in [6.07, 6.45) is 3.96. The van der Waals surface area contributed by atoms with Gasteiger partial charge >= 0.3 is 0 Å². The van der Waals surface area contributed by atoms with Crippen molar-refractivity contribution < 1.29 is 14.3 Å². The van der Waals surface area contributed by atoms with Gasteiger partial charge in [-0.2, -0.15) is 5.10 Å². The molecular weight excluding hydrogens is 474 g/mol. The van der Waals surface area contributed by atoms with Gasteiger partial charge in [-0.05, 0) is 68.5 Å². The van der Waals surface area contributed by atoms with E-state index in [0.717, 1.165) is 54.9 Å². The largest absolute Gasteiger partial charge is 0.497 e. The van der Waals surface area contributed by atoms with Crippen molar-refractivity contribution in [3.8, 4) is 11.5 Å². The molecule has 1 amide bonds. The molecule has 2 aliphatic heterocycles. The fourth-order valence-corrected chi connectivity index (χ4v) is 5.64. The SMILES string of the molecule is COc1ccc([C@@H]2CC(c3cccc(C)c3)=NN2C(=O)CN2CCC(Cc3ccccc3)CC2)c(OC)c1. The molecule has 0 aliphatic carbocycles.